The fourth-order valence-corrected chi connectivity index (χ4v) is 1.85. The Morgan fingerprint density at radius 2 is 2.12 bits per heavy atom. The molecule has 0 bridgehead atoms. The Morgan fingerprint density at radius 1 is 1.50 bits per heavy atom. The van der Waals surface area contributed by atoms with E-state index in [9.17, 15) is 4.79 Å². The molecule has 88 valence electrons. The van der Waals surface area contributed by atoms with Crippen molar-refractivity contribution in [2.45, 2.75) is 33.1 Å². The van der Waals surface area contributed by atoms with Crippen molar-refractivity contribution >= 4 is 28.6 Å². The molecule has 16 heavy (non-hydrogen) atoms. The monoisotopic (exact) mass is 333 g/mol. The molecule has 4 heteroatoms. The number of carbonyl (C=O) groups is 1. The maximum absolute atomic E-state index is 11.8. The van der Waals surface area contributed by atoms with Gasteiger partial charge in [-0.2, -0.15) is 0 Å². The molecule has 0 saturated carbocycles. The zero-order chi connectivity index (χ0) is 12.3. The van der Waals surface area contributed by atoms with Crippen molar-refractivity contribution in [3.05, 3.63) is 27.1 Å². The van der Waals surface area contributed by atoms with Crippen molar-refractivity contribution in [3.63, 3.8) is 0 Å². The van der Waals surface area contributed by atoms with E-state index in [2.05, 4.69) is 27.6 Å². The summed E-state index contributed by atoms with van der Waals surface area (Å²) in [6, 6.07) is 1.83. The zero-order valence-corrected chi connectivity index (χ0v) is 12.2. The minimum atomic E-state index is -0.293. The first-order valence-corrected chi connectivity index (χ1v) is 6.27. The second kappa shape index (κ2) is 5.12. The van der Waals surface area contributed by atoms with Crippen LogP contribution in [0.5, 0.6) is 0 Å². The highest BCUT2D eigenvalue weighted by atomic mass is 127. The van der Waals surface area contributed by atoms with Gasteiger partial charge < -0.3 is 4.74 Å². The van der Waals surface area contributed by atoms with Crippen molar-refractivity contribution in [1.82, 2.24) is 4.98 Å². The summed E-state index contributed by atoms with van der Waals surface area (Å²) in [4.78, 5) is 16.1. The van der Waals surface area contributed by atoms with Gasteiger partial charge in [0.2, 0.25) is 0 Å². The van der Waals surface area contributed by atoms with Crippen molar-refractivity contribution in [2.75, 3.05) is 6.61 Å². The van der Waals surface area contributed by atoms with Gasteiger partial charge in [-0.1, -0.05) is 20.8 Å². The first-order chi connectivity index (χ1) is 7.36. The molecule has 1 heterocycles. The average molecular weight is 333 g/mol. The van der Waals surface area contributed by atoms with Crippen molar-refractivity contribution in [2.24, 2.45) is 0 Å². The molecule has 0 atom stereocenters. The van der Waals surface area contributed by atoms with Crippen LogP contribution < -0.4 is 0 Å². The number of esters is 1. The fourth-order valence-electron chi connectivity index (χ4n) is 1.40. The van der Waals surface area contributed by atoms with E-state index in [0.717, 1.165) is 9.26 Å². The molecule has 1 aromatic rings. The van der Waals surface area contributed by atoms with Crippen molar-refractivity contribution in [3.8, 4) is 0 Å². The summed E-state index contributed by atoms with van der Waals surface area (Å²) in [5, 5.41) is 0. The Balaban J connectivity index is 3.24. The number of aromatic nitrogens is 1. The third-order valence-corrected chi connectivity index (χ3v) is 2.65. The summed E-state index contributed by atoms with van der Waals surface area (Å²) in [5.74, 6) is -0.293. The smallest absolute Gasteiger partial charge is 0.340 e. The predicted octanol–water partition coefficient (Wildman–Crippen LogP) is 3.16. The molecule has 1 rings (SSSR count). The summed E-state index contributed by atoms with van der Waals surface area (Å²) in [7, 11) is 0. The first-order valence-electron chi connectivity index (χ1n) is 5.19. The van der Waals surface area contributed by atoms with Crippen molar-refractivity contribution < 1.29 is 9.53 Å². The van der Waals surface area contributed by atoms with E-state index in [1.165, 1.54) is 0 Å². The lowest BCUT2D eigenvalue weighted by atomic mass is 9.88. The number of pyridine rings is 1. The molecule has 0 saturated heterocycles. The Labute approximate surface area is 110 Å². The molecule has 0 radical (unpaired) electrons. The minimum Gasteiger partial charge on any atom is -0.462 e. The molecule has 0 aliphatic carbocycles. The Morgan fingerprint density at radius 3 is 2.62 bits per heavy atom. The van der Waals surface area contributed by atoms with Crippen LogP contribution in [-0.4, -0.2) is 17.6 Å². The lowest BCUT2D eigenvalue weighted by Crippen LogP contribution is -2.20. The topological polar surface area (TPSA) is 39.2 Å². The van der Waals surface area contributed by atoms with Gasteiger partial charge in [0.1, 0.15) is 0 Å². The summed E-state index contributed by atoms with van der Waals surface area (Å²) in [6.45, 7) is 8.28. The molecular weight excluding hydrogens is 317 g/mol. The fraction of sp³-hybridized carbons (Fsp3) is 0.500. The maximum Gasteiger partial charge on any atom is 0.340 e. The van der Waals surface area contributed by atoms with Crippen LogP contribution in [0.1, 0.15) is 43.7 Å². The number of nitrogens with zero attached hydrogens (tertiary/aromatic N) is 1. The number of rotatable bonds is 2. The lowest BCUT2D eigenvalue weighted by molar-refractivity contribution is 0.0522. The van der Waals surface area contributed by atoms with Crippen molar-refractivity contribution in [1.29, 1.82) is 0 Å². The van der Waals surface area contributed by atoms with Gasteiger partial charge in [0.15, 0.2) is 0 Å². The lowest BCUT2D eigenvalue weighted by Gasteiger charge is -2.20. The number of ether oxygens (including phenoxy) is 1. The zero-order valence-electron chi connectivity index (χ0n) is 10.0. The molecule has 3 nitrogen and oxygen atoms in total. The van der Waals surface area contributed by atoms with Crippen LogP contribution in [0.2, 0.25) is 0 Å². The average Bonchev–Trinajstić information content (AvgIpc) is 2.16. The third kappa shape index (κ3) is 3.17. The van der Waals surface area contributed by atoms with Crippen LogP contribution >= 0.6 is 22.6 Å². The van der Waals surface area contributed by atoms with Gasteiger partial charge in [-0.15, -0.1) is 0 Å². The number of halogens is 1. The van der Waals surface area contributed by atoms with Gasteiger partial charge in [0.05, 0.1) is 17.9 Å². The normalized spacial score (nSPS) is 11.3. The Kier molecular flexibility index (Phi) is 4.29. The van der Waals surface area contributed by atoms with Gasteiger partial charge in [0, 0.05) is 15.2 Å². The standard InChI is InChI=1S/C12H16INO2/c1-5-16-11(15)9-6-8(13)7-14-10(9)12(2,3)4/h6-7H,5H2,1-4H3. The van der Waals surface area contributed by atoms with Gasteiger partial charge in [0.25, 0.3) is 0 Å². The first kappa shape index (κ1) is 13.4. The van der Waals surface area contributed by atoms with Gasteiger partial charge in [-0.25, -0.2) is 4.79 Å². The van der Waals surface area contributed by atoms with E-state index >= 15 is 0 Å². The SMILES string of the molecule is CCOC(=O)c1cc(I)cnc1C(C)(C)C. The van der Waals surface area contributed by atoms with Crippen LogP contribution in [0, 0.1) is 3.57 Å². The predicted molar refractivity (Wildman–Crippen MR) is 71.6 cm³/mol. The molecule has 0 aromatic carbocycles. The Hall–Kier alpha value is -0.650. The van der Waals surface area contributed by atoms with Crippen LogP contribution in [0.4, 0.5) is 0 Å². The van der Waals surface area contributed by atoms with E-state index in [1.54, 1.807) is 13.1 Å². The maximum atomic E-state index is 11.8. The largest absolute Gasteiger partial charge is 0.462 e. The van der Waals surface area contributed by atoms with Crippen LogP contribution in [0.25, 0.3) is 0 Å². The van der Waals surface area contributed by atoms with Crippen LogP contribution in [-0.2, 0) is 10.2 Å². The van der Waals surface area contributed by atoms with Gasteiger partial charge >= 0.3 is 5.97 Å². The quantitative estimate of drug-likeness (QED) is 0.616. The van der Waals surface area contributed by atoms with Crippen LogP contribution in [0.15, 0.2) is 12.3 Å². The molecule has 0 fully saturated rings. The molecule has 1 aromatic heterocycles. The van der Waals surface area contributed by atoms with E-state index in [4.69, 9.17) is 4.74 Å². The molecule has 0 unspecified atom stereocenters. The highest BCUT2D eigenvalue weighted by molar-refractivity contribution is 14.1. The Bertz CT molecular complexity index is 396. The summed E-state index contributed by atoms with van der Waals surface area (Å²) in [5.41, 5.74) is 1.19. The summed E-state index contributed by atoms with van der Waals surface area (Å²) >= 11 is 2.14. The highest BCUT2D eigenvalue weighted by Gasteiger charge is 2.24. The number of carbonyl (C=O) groups excluding carboxylic acids is 1. The third-order valence-electron chi connectivity index (χ3n) is 2.06. The van der Waals surface area contributed by atoms with Gasteiger partial charge in [-0.05, 0) is 35.6 Å². The van der Waals surface area contributed by atoms with Crippen LogP contribution in [0.3, 0.4) is 0 Å². The second-order valence-corrected chi connectivity index (χ2v) is 5.77. The molecule has 0 aliphatic heterocycles. The van der Waals surface area contributed by atoms with E-state index < -0.39 is 0 Å². The molecule has 0 aliphatic rings. The summed E-state index contributed by atoms with van der Waals surface area (Å²) in [6.07, 6.45) is 1.77. The number of hydrogen-bond acceptors (Lipinski definition) is 3. The van der Waals surface area contributed by atoms with E-state index in [0.29, 0.717) is 12.2 Å². The van der Waals surface area contributed by atoms with E-state index in [1.807, 2.05) is 26.8 Å². The second-order valence-electron chi connectivity index (χ2n) is 4.52. The highest BCUT2D eigenvalue weighted by Crippen LogP contribution is 2.25. The number of hydrogen-bond donors (Lipinski definition) is 0. The minimum absolute atomic E-state index is 0.160. The van der Waals surface area contributed by atoms with Gasteiger partial charge in [-0.3, -0.25) is 4.98 Å². The molecule has 0 spiro atoms. The molecular formula is C12H16INO2. The molecule has 0 amide bonds. The van der Waals surface area contributed by atoms with E-state index in [-0.39, 0.29) is 11.4 Å². The summed E-state index contributed by atoms with van der Waals surface area (Å²) < 4.78 is 5.98. The molecule has 0 N–H and O–H groups in total.